The van der Waals surface area contributed by atoms with Crippen molar-refractivity contribution in [2.45, 2.75) is 6.18 Å². The Bertz CT molecular complexity index is 486. The topological polar surface area (TPSA) is 98.2 Å². The van der Waals surface area contributed by atoms with E-state index in [9.17, 15) is 22.8 Å². The molecule has 0 atom stereocenters. The van der Waals surface area contributed by atoms with Crippen LogP contribution in [0.4, 0.5) is 18.9 Å². The first-order valence-corrected chi connectivity index (χ1v) is 4.75. The molecule has 1 rings (SSSR count). The number of nitrogens with one attached hydrogen (secondary N) is 1. The number of carbonyl (C=O) groups excluding carboxylic acids is 2. The van der Waals surface area contributed by atoms with Crippen molar-refractivity contribution < 1.29 is 22.8 Å². The van der Waals surface area contributed by atoms with Gasteiger partial charge in [0.15, 0.2) is 0 Å². The van der Waals surface area contributed by atoms with Crippen LogP contribution >= 0.6 is 0 Å². The molecule has 0 aliphatic rings. The molecule has 1 aromatic rings. The van der Waals surface area contributed by atoms with Gasteiger partial charge in [-0.15, -0.1) is 0 Å². The number of benzene rings is 1. The summed E-state index contributed by atoms with van der Waals surface area (Å²) in [7, 11) is 0. The zero-order valence-electron chi connectivity index (χ0n) is 9.04. The predicted octanol–water partition coefficient (Wildman–Crippen LogP) is 0.859. The molecule has 0 spiro atoms. The number of carbonyl (C=O) groups is 2. The number of hydrogen-bond acceptors (Lipinski definition) is 3. The second-order valence-corrected chi connectivity index (χ2v) is 3.46. The van der Waals surface area contributed by atoms with Gasteiger partial charge >= 0.3 is 6.18 Å². The highest BCUT2D eigenvalue weighted by Crippen LogP contribution is 2.21. The molecule has 0 aliphatic carbocycles. The van der Waals surface area contributed by atoms with E-state index in [-0.39, 0.29) is 16.8 Å². The van der Waals surface area contributed by atoms with Gasteiger partial charge in [-0.2, -0.15) is 13.2 Å². The molecule has 0 saturated carbocycles. The van der Waals surface area contributed by atoms with Gasteiger partial charge in [0.2, 0.25) is 5.91 Å². The Morgan fingerprint density at radius 1 is 1.17 bits per heavy atom. The molecular formula is C10H10F3N3O2. The minimum atomic E-state index is -4.46. The van der Waals surface area contributed by atoms with Crippen LogP contribution in [0, 0.1) is 0 Å². The Hall–Kier alpha value is -2.25. The first-order valence-electron chi connectivity index (χ1n) is 4.75. The molecule has 2 amide bonds. The minimum Gasteiger partial charge on any atom is -0.376 e. The van der Waals surface area contributed by atoms with Gasteiger partial charge in [-0.25, -0.2) is 0 Å². The summed E-state index contributed by atoms with van der Waals surface area (Å²) in [5, 5.41) is 2.00. The van der Waals surface area contributed by atoms with E-state index < -0.39 is 24.5 Å². The number of alkyl halides is 3. The van der Waals surface area contributed by atoms with Crippen LogP contribution in [0.5, 0.6) is 0 Å². The standard InChI is InChI=1S/C10H10F3N3O2/c11-10(12,13)4-16-7-3-5(8(14)17)1-2-6(7)9(15)18/h1-3,16H,4H2,(H2,14,17)(H2,15,18). The first kappa shape index (κ1) is 13.8. The van der Waals surface area contributed by atoms with Crippen molar-refractivity contribution in [1.29, 1.82) is 0 Å². The molecule has 0 aromatic heterocycles. The highest BCUT2D eigenvalue weighted by Gasteiger charge is 2.27. The van der Waals surface area contributed by atoms with Crippen molar-refractivity contribution in [2.24, 2.45) is 11.5 Å². The monoisotopic (exact) mass is 261 g/mol. The van der Waals surface area contributed by atoms with Crippen molar-refractivity contribution in [3.8, 4) is 0 Å². The highest BCUT2D eigenvalue weighted by molar-refractivity contribution is 6.01. The largest absolute Gasteiger partial charge is 0.405 e. The van der Waals surface area contributed by atoms with Crippen LogP contribution in [0.15, 0.2) is 18.2 Å². The van der Waals surface area contributed by atoms with Crippen LogP contribution in [0.2, 0.25) is 0 Å². The SMILES string of the molecule is NC(=O)c1ccc(C(N)=O)c(NCC(F)(F)F)c1. The fourth-order valence-electron chi connectivity index (χ4n) is 1.25. The van der Waals surface area contributed by atoms with E-state index in [2.05, 4.69) is 0 Å². The summed E-state index contributed by atoms with van der Waals surface area (Å²) >= 11 is 0. The lowest BCUT2D eigenvalue weighted by Crippen LogP contribution is -2.24. The summed E-state index contributed by atoms with van der Waals surface area (Å²) in [6.07, 6.45) is -4.46. The van der Waals surface area contributed by atoms with Gasteiger partial charge in [0, 0.05) is 11.3 Å². The van der Waals surface area contributed by atoms with Gasteiger partial charge in [0.25, 0.3) is 5.91 Å². The fraction of sp³-hybridized carbons (Fsp3) is 0.200. The van der Waals surface area contributed by atoms with Crippen molar-refractivity contribution in [2.75, 3.05) is 11.9 Å². The Morgan fingerprint density at radius 2 is 1.78 bits per heavy atom. The molecule has 5 N–H and O–H groups in total. The van der Waals surface area contributed by atoms with Gasteiger partial charge in [-0.3, -0.25) is 9.59 Å². The quantitative estimate of drug-likeness (QED) is 0.749. The third-order valence-electron chi connectivity index (χ3n) is 2.05. The Labute approximate surface area is 99.9 Å². The summed E-state index contributed by atoms with van der Waals surface area (Å²) in [5.74, 6) is -1.73. The maximum atomic E-state index is 12.1. The second-order valence-electron chi connectivity index (χ2n) is 3.46. The molecule has 0 bridgehead atoms. The van der Waals surface area contributed by atoms with Crippen LogP contribution in [-0.2, 0) is 0 Å². The second kappa shape index (κ2) is 4.94. The Balaban J connectivity index is 3.08. The average Bonchev–Trinajstić information content (AvgIpc) is 2.24. The van der Waals surface area contributed by atoms with Crippen molar-refractivity contribution >= 4 is 17.5 Å². The molecule has 0 radical (unpaired) electrons. The number of amides is 2. The van der Waals surface area contributed by atoms with Crippen LogP contribution in [0.25, 0.3) is 0 Å². The van der Waals surface area contributed by atoms with Gasteiger partial charge in [0.1, 0.15) is 6.54 Å². The van der Waals surface area contributed by atoms with E-state index in [1.807, 2.05) is 5.32 Å². The van der Waals surface area contributed by atoms with Crippen LogP contribution < -0.4 is 16.8 Å². The molecular weight excluding hydrogens is 251 g/mol. The molecule has 0 aliphatic heterocycles. The number of anilines is 1. The summed E-state index contributed by atoms with van der Waals surface area (Å²) in [6, 6.07) is 3.40. The van der Waals surface area contributed by atoms with Crippen molar-refractivity contribution in [3.63, 3.8) is 0 Å². The van der Waals surface area contributed by atoms with Crippen LogP contribution in [0.3, 0.4) is 0 Å². The summed E-state index contributed by atoms with van der Waals surface area (Å²) in [5.41, 5.74) is 9.63. The van der Waals surface area contributed by atoms with Gasteiger partial charge in [-0.1, -0.05) is 0 Å². The Kier molecular flexibility index (Phi) is 3.79. The van der Waals surface area contributed by atoms with Crippen molar-refractivity contribution in [1.82, 2.24) is 0 Å². The van der Waals surface area contributed by atoms with Crippen LogP contribution in [0.1, 0.15) is 20.7 Å². The normalized spacial score (nSPS) is 11.1. The maximum Gasteiger partial charge on any atom is 0.405 e. The number of primary amides is 2. The van der Waals surface area contributed by atoms with E-state index >= 15 is 0 Å². The number of rotatable bonds is 4. The van der Waals surface area contributed by atoms with Crippen molar-refractivity contribution in [3.05, 3.63) is 29.3 Å². The fourth-order valence-corrected chi connectivity index (χ4v) is 1.25. The van der Waals surface area contributed by atoms with Gasteiger partial charge in [-0.05, 0) is 18.2 Å². The third-order valence-corrected chi connectivity index (χ3v) is 2.05. The maximum absolute atomic E-state index is 12.1. The highest BCUT2D eigenvalue weighted by atomic mass is 19.4. The predicted molar refractivity (Wildman–Crippen MR) is 58.0 cm³/mol. The van der Waals surface area contributed by atoms with E-state index in [4.69, 9.17) is 11.5 Å². The lowest BCUT2D eigenvalue weighted by Gasteiger charge is -2.13. The molecule has 0 unspecified atom stereocenters. The van der Waals surface area contributed by atoms with Crippen LogP contribution in [-0.4, -0.2) is 24.5 Å². The molecule has 0 fully saturated rings. The van der Waals surface area contributed by atoms with E-state index in [0.717, 1.165) is 12.1 Å². The number of nitrogens with two attached hydrogens (primary N) is 2. The van der Waals surface area contributed by atoms with E-state index in [1.54, 1.807) is 0 Å². The molecule has 0 heterocycles. The van der Waals surface area contributed by atoms with E-state index in [1.165, 1.54) is 6.07 Å². The summed E-state index contributed by atoms with van der Waals surface area (Å²) in [4.78, 5) is 21.9. The molecule has 5 nitrogen and oxygen atoms in total. The smallest absolute Gasteiger partial charge is 0.376 e. The Morgan fingerprint density at radius 3 is 2.22 bits per heavy atom. The minimum absolute atomic E-state index is 0.0234. The third kappa shape index (κ3) is 3.65. The zero-order valence-corrected chi connectivity index (χ0v) is 9.04. The summed E-state index contributed by atoms with van der Waals surface area (Å²) < 4.78 is 36.2. The van der Waals surface area contributed by atoms with Gasteiger partial charge in [0.05, 0.1) is 5.56 Å². The zero-order chi connectivity index (χ0) is 13.9. The first-order chi connectivity index (χ1) is 8.20. The van der Waals surface area contributed by atoms with E-state index in [0.29, 0.717) is 0 Å². The molecule has 0 saturated heterocycles. The molecule has 1 aromatic carbocycles. The molecule has 98 valence electrons. The average molecular weight is 261 g/mol. The molecule has 18 heavy (non-hydrogen) atoms. The van der Waals surface area contributed by atoms with Gasteiger partial charge < -0.3 is 16.8 Å². The molecule has 8 heteroatoms. The number of hydrogen-bond donors (Lipinski definition) is 3. The lowest BCUT2D eigenvalue weighted by molar-refractivity contribution is -0.115. The summed E-state index contributed by atoms with van der Waals surface area (Å²) in [6.45, 7) is -1.35. The number of halogens is 3. The lowest BCUT2D eigenvalue weighted by atomic mass is 10.1.